The van der Waals surface area contributed by atoms with E-state index in [1.54, 1.807) is 18.3 Å². The molecule has 2 aromatic rings. The van der Waals surface area contributed by atoms with Crippen molar-refractivity contribution in [2.45, 2.75) is 38.3 Å². The number of fused-ring (bicyclic) bond motifs is 2. The van der Waals surface area contributed by atoms with E-state index in [-0.39, 0.29) is 11.4 Å². The van der Waals surface area contributed by atoms with E-state index in [9.17, 15) is 4.79 Å². The highest BCUT2D eigenvalue weighted by Crippen LogP contribution is 2.44. The van der Waals surface area contributed by atoms with Gasteiger partial charge in [0.15, 0.2) is 5.78 Å². The molecule has 23 heavy (non-hydrogen) atoms. The molecule has 0 saturated carbocycles. The summed E-state index contributed by atoms with van der Waals surface area (Å²) in [4.78, 5) is 16.3. The van der Waals surface area contributed by atoms with Crippen LogP contribution in [0.5, 0.6) is 0 Å². The second-order valence-corrected chi connectivity index (χ2v) is 8.35. The molecule has 2 aliphatic rings. The van der Waals surface area contributed by atoms with Gasteiger partial charge in [0.25, 0.3) is 0 Å². The third-order valence-electron chi connectivity index (χ3n) is 4.98. The molecule has 1 spiro atoms. The smallest absolute Gasteiger partial charge is 0.169 e. The van der Waals surface area contributed by atoms with Crippen molar-refractivity contribution in [1.29, 1.82) is 0 Å². The lowest BCUT2D eigenvalue weighted by Gasteiger charge is -2.43. The first kappa shape index (κ1) is 15.5. The molecule has 2 aliphatic heterocycles. The van der Waals surface area contributed by atoms with Crippen molar-refractivity contribution in [3.05, 3.63) is 43.8 Å². The van der Waals surface area contributed by atoms with Gasteiger partial charge in [0, 0.05) is 24.5 Å². The van der Waals surface area contributed by atoms with E-state index < -0.39 is 0 Å². The zero-order chi connectivity index (χ0) is 15.9. The molecular weight excluding hydrogens is 326 g/mol. The molecule has 4 rings (SSSR count). The predicted octanol–water partition coefficient (Wildman–Crippen LogP) is 4.08. The minimum Gasteiger partial charge on any atom is -0.369 e. The van der Waals surface area contributed by atoms with Crippen LogP contribution in [0.3, 0.4) is 0 Å². The third kappa shape index (κ3) is 2.91. The molecule has 2 aromatic heterocycles. The molecule has 5 heteroatoms. The molecule has 0 atom stereocenters. The second-order valence-electron chi connectivity index (χ2n) is 6.52. The van der Waals surface area contributed by atoms with Gasteiger partial charge in [-0.1, -0.05) is 0 Å². The zero-order valence-electron chi connectivity index (χ0n) is 13.3. The quantitative estimate of drug-likeness (QED) is 0.784. The van der Waals surface area contributed by atoms with Crippen molar-refractivity contribution in [3.8, 4) is 0 Å². The van der Waals surface area contributed by atoms with Gasteiger partial charge in [-0.15, -0.1) is 22.7 Å². The van der Waals surface area contributed by atoms with Crippen LogP contribution in [0.1, 0.15) is 45.4 Å². The Kier molecular flexibility index (Phi) is 4.13. The Morgan fingerprint density at radius 3 is 2.91 bits per heavy atom. The lowest BCUT2D eigenvalue weighted by atomic mass is 9.85. The van der Waals surface area contributed by atoms with Crippen LogP contribution < -0.4 is 0 Å². The summed E-state index contributed by atoms with van der Waals surface area (Å²) in [7, 11) is 0. The Bertz CT molecular complexity index is 710. The Morgan fingerprint density at radius 2 is 2.17 bits per heavy atom. The number of ketones is 1. The Balaban J connectivity index is 1.43. The van der Waals surface area contributed by atoms with Gasteiger partial charge in [-0.3, -0.25) is 9.69 Å². The van der Waals surface area contributed by atoms with Crippen molar-refractivity contribution >= 4 is 28.5 Å². The van der Waals surface area contributed by atoms with Gasteiger partial charge >= 0.3 is 0 Å². The first-order chi connectivity index (χ1) is 11.2. The first-order valence-corrected chi connectivity index (χ1v) is 9.94. The van der Waals surface area contributed by atoms with E-state index in [1.165, 1.54) is 16.0 Å². The molecule has 1 saturated heterocycles. The van der Waals surface area contributed by atoms with Crippen LogP contribution >= 0.6 is 22.7 Å². The van der Waals surface area contributed by atoms with E-state index in [1.807, 2.05) is 17.4 Å². The Morgan fingerprint density at radius 1 is 1.35 bits per heavy atom. The van der Waals surface area contributed by atoms with Gasteiger partial charge < -0.3 is 4.74 Å². The molecule has 122 valence electrons. The fraction of sp³-hybridized carbons (Fsp3) is 0.500. The second kappa shape index (κ2) is 6.13. The van der Waals surface area contributed by atoms with Crippen molar-refractivity contribution < 1.29 is 9.53 Å². The molecule has 4 heterocycles. The highest BCUT2D eigenvalue weighted by atomic mass is 32.1. The fourth-order valence-electron chi connectivity index (χ4n) is 3.70. The fourth-order valence-corrected chi connectivity index (χ4v) is 5.67. The molecule has 0 radical (unpaired) electrons. The molecular formula is C18H21NO2S2. The zero-order valence-corrected chi connectivity index (χ0v) is 15.0. The molecule has 0 aliphatic carbocycles. The number of likely N-dealkylation sites (tertiary alicyclic amines) is 1. The van der Waals surface area contributed by atoms with Crippen LogP contribution in [-0.4, -0.2) is 30.4 Å². The molecule has 0 bridgehead atoms. The molecule has 0 aromatic carbocycles. The standard InChI is InChI=1S/C18H21NO2S2/c1-13(20)16-10-14(12-23-16)11-19-6-4-18(5-7-19)17-15(2-8-21-18)3-9-22-17/h3,9-10,12H,2,4-8,11H2,1H3. The van der Waals surface area contributed by atoms with Gasteiger partial charge in [-0.2, -0.15) is 0 Å². The van der Waals surface area contributed by atoms with Crippen LogP contribution in [0.4, 0.5) is 0 Å². The van der Waals surface area contributed by atoms with Crippen LogP contribution in [0, 0.1) is 0 Å². The SMILES string of the molecule is CC(=O)c1cc(CN2CCC3(CC2)OCCc2ccsc23)cs1. The summed E-state index contributed by atoms with van der Waals surface area (Å²) in [6, 6.07) is 4.32. The number of hydrogen-bond acceptors (Lipinski definition) is 5. The molecule has 0 N–H and O–H groups in total. The van der Waals surface area contributed by atoms with E-state index in [0.717, 1.165) is 50.4 Å². The number of thiophene rings is 2. The monoisotopic (exact) mass is 347 g/mol. The van der Waals surface area contributed by atoms with Gasteiger partial charge in [0.1, 0.15) is 5.60 Å². The highest BCUT2D eigenvalue weighted by molar-refractivity contribution is 7.12. The Hall–Kier alpha value is -1.01. The predicted molar refractivity (Wildman–Crippen MR) is 94.5 cm³/mol. The van der Waals surface area contributed by atoms with Crippen molar-refractivity contribution in [2.24, 2.45) is 0 Å². The highest BCUT2D eigenvalue weighted by Gasteiger charge is 2.41. The van der Waals surface area contributed by atoms with Crippen LogP contribution in [0.2, 0.25) is 0 Å². The first-order valence-electron chi connectivity index (χ1n) is 8.18. The van der Waals surface area contributed by atoms with Gasteiger partial charge in [-0.05, 0) is 60.2 Å². The Labute approximate surface area is 144 Å². The van der Waals surface area contributed by atoms with Gasteiger partial charge in [0.2, 0.25) is 0 Å². The lowest BCUT2D eigenvalue weighted by Crippen LogP contribution is -2.45. The summed E-state index contributed by atoms with van der Waals surface area (Å²) >= 11 is 3.42. The van der Waals surface area contributed by atoms with E-state index in [2.05, 4.69) is 21.7 Å². The number of carbonyl (C=O) groups is 1. The number of rotatable bonds is 3. The van der Waals surface area contributed by atoms with Crippen molar-refractivity contribution in [2.75, 3.05) is 19.7 Å². The average molecular weight is 348 g/mol. The summed E-state index contributed by atoms with van der Waals surface area (Å²) < 4.78 is 6.27. The normalized spacial score (nSPS) is 20.6. The average Bonchev–Trinajstić information content (AvgIpc) is 3.20. The number of ether oxygens (including phenoxy) is 1. The van der Waals surface area contributed by atoms with E-state index in [4.69, 9.17) is 4.74 Å². The van der Waals surface area contributed by atoms with Crippen molar-refractivity contribution in [3.63, 3.8) is 0 Å². The molecule has 1 fully saturated rings. The maximum atomic E-state index is 11.4. The number of nitrogens with zero attached hydrogens (tertiary/aromatic N) is 1. The summed E-state index contributed by atoms with van der Waals surface area (Å²) in [5, 5.41) is 4.33. The maximum Gasteiger partial charge on any atom is 0.169 e. The number of carbonyl (C=O) groups excluding carboxylic acids is 1. The minimum absolute atomic E-state index is 0.0303. The molecule has 3 nitrogen and oxygen atoms in total. The topological polar surface area (TPSA) is 29.5 Å². The van der Waals surface area contributed by atoms with Crippen LogP contribution in [0.15, 0.2) is 22.9 Å². The number of Topliss-reactive ketones (excluding diaryl/α,β-unsaturated/α-hetero) is 1. The van der Waals surface area contributed by atoms with Crippen LogP contribution in [0.25, 0.3) is 0 Å². The third-order valence-corrected chi connectivity index (χ3v) is 7.20. The van der Waals surface area contributed by atoms with E-state index in [0.29, 0.717) is 0 Å². The van der Waals surface area contributed by atoms with Crippen molar-refractivity contribution in [1.82, 2.24) is 4.90 Å². The van der Waals surface area contributed by atoms with Gasteiger partial charge in [-0.25, -0.2) is 0 Å². The number of hydrogen-bond donors (Lipinski definition) is 0. The van der Waals surface area contributed by atoms with Crippen LogP contribution in [-0.2, 0) is 23.3 Å². The van der Waals surface area contributed by atoms with E-state index >= 15 is 0 Å². The molecule has 0 amide bonds. The van der Waals surface area contributed by atoms with Gasteiger partial charge in [0.05, 0.1) is 11.5 Å². The molecule has 0 unspecified atom stereocenters. The summed E-state index contributed by atoms with van der Waals surface area (Å²) in [6.07, 6.45) is 3.21. The summed E-state index contributed by atoms with van der Waals surface area (Å²) in [6.45, 7) is 5.55. The lowest BCUT2D eigenvalue weighted by molar-refractivity contribution is -0.0960. The maximum absolute atomic E-state index is 11.4. The minimum atomic E-state index is -0.0303. The largest absolute Gasteiger partial charge is 0.369 e. The summed E-state index contributed by atoms with van der Waals surface area (Å²) in [5.41, 5.74) is 2.73. The summed E-state index contributed by atoms with van der Waals surface area (Å²) in [5.74, 6) is 0.166. The number of piperidine rings is 1.